The van der Waals surface area contributed by atoms with Crippen molar-refractivity contribution in [3.8, 4) is 0 Å². The summed E-state index contributed by atoms with van der Waals surface area (Å²) >= 11 is 0. The molecular formula is C19H28N4O2. The molecule has 2 aliphatic carbocycles. The molecule has 0 saturated heterocycles. The van der Waals surface area contributed by atoms with Crippen molar-refractivity contribution < 1.29 is 9.59 Å². The quantitative estimate of drug-likeness (QED) is 0.639. The Hall–Kier alpha value is -2.08. The predicted molar refractivity (Wildman–Crippen MR) is 98.1 cm³/mol. The van der Waals surface area contributed by atoms with E-state index in [2.05, 4.69) is 16.0 Å². The van der Waals surface area contributed by atoms with Gasteiger partial charge in [0.05, 0.1) is 6.04 Å². The molecule has 5 N–H and O–H groups in total. The van der Waals surface area contributed by atoms with Gasteiger partial charge in [-0.15, -0.1) is 0 Å². The van der Waals surface area contributed by atoms with Gasteiger partial charge in [0, 0.05) is 24.2 Å². The fraction of sp³-hybridized carbons (Fsp3) is 0.579. The third kappa shape index (κ3) is 5.19. The van der Waals surface area contributed by atoms with Crippen molar-refractivity contribution in [2.75, 3.05) is 5.32 Å². The van der Waals surface area contributed by atoms with Crippen LogP contribution in [0.1, 0.15) is 57.1 Å². The van der Waals surface area contributed by atoms with Gasteiger partial charge in [-0.1, -0.05) is 18.6 Å². The van der Waals surface area contributed by atoms with Crippen LogP contribution in [0.15, 0.2) is 24.3 Å². The van der Waals surface area contributed by atoms with Crippen LogP contribution in [-0.2, 0) is 4.79 Å². The number of hydrogen-bond acceptors (Lipinski definition) is 3. The van der Waals surface area contributed by atoms with Gasteiger partial charge in [-0.3, -0.25) is 4.79 Å². The van der Waals surface area contributed by atoms with E-state index in [9.17, 15) is 9.59 Å². The second-order valence-electron chi connectivity index (χ2n) is 7.34. The second-order valence-corrected chi connectivity index (χ2v) is 7.34. The monoisotopic (exact) mass is 344 g/mol. The minimum Gasteiger partial charge on any atom is -0.350 e. The molecule has 0 aromatic heterocycles. The van der Waals surface area contributed by atoms with E-state index in [4.69, 9.17) is 5.73 Å². The van der Waals surface area contributed by atoms with Gasteiger partial charge in [0.25, 0.3) is 0 Å². The SMILES string of the molecule is CC(NC(=O)C[C@@H]1CCC[C@H]1N)c1ccc(NC(=O)NC2CC2)cc1. The van der Waals surface area contributed by atoms with Crippen LogP contribution in [-0.4, -0.2) is 24.0 Å². The molecule has 1 aromatic rings. The van der Waals surface area contributed by atoms with E-state index in [1.807, 2.05) is 31.2 Å². The summed E-state index contributed by atoms with van der Waals surface area (Å²) in [4.78, 5) is 23.9. The van der Waals surface area contributed by atoms with Gasteiger partial charge in [-0.2, -0.15) is 0 Å². The second kappa shape index (κ2) is 7.87. The average molecular weight is 344 g/mol. The van der Waals surface area contributed by atoms with Gasteiger partial charge in [0.1, 0.15) is 0 Å². The van der Waals surface area contributed by atoms with Crippen molar-refractivity contribution in [1.29, 1.82) is 0 Å². The topological polar surface area (TPSA) is 96.2 Å². The number of amides is 3. The zero-order valence-corrected chi connectivity index (χ0v) is 14.8. The maximum Gasteiger partial charge on any atom is 0.319 e. The van der Waals surface area contributed by atoms with Crippen LogP contribution < -0.4 is 21.7 Å². The van der Waals surface area contributed by atoms with Gasteiger partial charge < -0.3 is 21.7 Å². The molecule has 3 rings (SSSR count). The first-order chi connectivity index (χ1) is 12.0. The van der Waals surface area contributed by atoms with Crippen LogP contribution in [0.3, 0.4) is 0 Å². The number of carbonyl (C=O) groups is 2. The van der Waals surface area contributed by atoms with Gasteiger partial charge >= 0.3 is 6.03 Å². The molecule has 0 spiro atoms. The van der Waals surface area contributed by atoms with Crippen LogP contribution in [0.5, 0.6) is 0 Å². The molecule has 25 heavy (non-hydrogen) atoms. The Morgan fingerprint density at radius 3 is 2.48 bits per heavy atom. The highest BCUT2D eigenvalue weighted by Crippen LogP contribution is 2.27. The summed E-state index contributed by atoms with van der Waals surface area (Å²) in [7, 11) is 0. The number of rotatable bonds is 6. The summed E-state index contributed by atoms with van der Waals surface area (Å²) in [5.41, 5.74) is 7.80. The fourth-order valence-corrected chi connectivity index (χ4v) is 3.38. The molecule has 6 heteroatoms. The number of nitrogens with one attached hydrogen (secondary N) is 3. The van der Waals surface area contributed by atoms with Gasteiger partial charge in [0.15, 0.2) is 0 Å². The Balaban J connectivity index is 1.47. The smallest absolute Gasteiger partial charge is 0.319 e. The minimum absolute atomic E-state index is 0.0564. The molecule has 3 atom stereocenters. The minimum atomic E-state index is -0.162. The van der Waals surface area contributed by atoms with E-state index in [1.54, 1.807) is 0 Å². The highest BCUT2D eigenvalue weighted by Gasteiger charge is 2.26. The van der Waals surface area contributed by atoms with Crippen LogP contribution in [0.4, 0.5) is 10.5 Å². The summed E-state index contributed by atoms with van der Waals surface area (Å²) in [6.45, 7) is 1.97. The Bertz CT molecular complexity index is 612. The lowest BCUT2D eigenvalue weighted by Gasteiger charge is -2.18. The highest BCUT2D eigenvalue weighted by molar-refractivity contribution is 5.89. The van der Waals surface area contributed by atoms with Crippen LogP contribution in [0, 0.1) is 5.92 Å². The van der Waals surface area contributed by atoms with E-state index in [1.165, 1.54) is 0 Å². The zero-order valence-electron chi connectivity index (χ0n) is 14.8. The Morgan fingerprint density at radius 2 is 1.88 bits per heavy atom. The molecule has 0 aliphatic heterocycles. The summed E-state index contributed by atoms with van der Waals surface area (Å²) in [5, 5.41) is 8.75. The molecule has 136 valence electrons. The molecule has 2 saturated carbocycles. The normalized spacial score (nSPS) is 23.8. The van der Waals surface area contributed by atoms with Crippen LogP contribution in [0.25, 0.3) is 0 Å². The first kappa shape index (κ1) is 17.7. The van der Waals surface area contributed by atoms with Gasteiger partial charge in [-0.25, -0.2) is 4.79 Å². The number of benzene rings is 1. The van der Waals surface area contributed by atoms with E-state index >= 15 is 0 Å². The molecule has 1 unspecified atom stereocenters. The molecule has 2 fully saturated rings. The maximum atomic E-state index is 12.2. The number of urea groups is 1. The first-order valence-electron chi connectivity index (χ1n) is 9.23. The lowest BCUT2D eigenvalue weighted by molar-refractivity contribution is -0.122. The van der Waals surface area contributed by atoms with E-state index in [0.717, 1.165) is 43.4 Å². The molecule has 2 aliphatic rings. The van der Waals surface area contributed by atoms with Crippen LogP contribution >= 0.6 is 0 Å². The average Bonchev–Trinajstić information content (AvgIpc) is 3.29. The Morgan fingerprint density at radius 1 is 1.16 bits per heavy atom. The van der Waals surface area contributed by atoms with Crippen molar-refractivity contribution in [2.45, 2.75) is 63.6 Å². The summed E-state index contributed by atoms with van der Waals surface area (Å²) in [6.07, 6.45) is 5.83. The molecular weight excluding hydrogens is 316 g/mol. The third-order valence-electron chi connectivity index (χ3n) is 5.12. The fourth-order valence-electron chi connectivity index (χ4n) is 3.38. The van der Waals surface area contributed by atoms with Crippen LogP contribution in [0.2, 0.25) is 0 Å². The lowest BCUT2D eigenvalue weighted by Crippen LogP contribution is -2.33. The number of nitrogens with two attached hydrogens (primary N) is 1. The van der Waals surface area contributed by atoms with E-state index in [0.29, 0.717) is 18.4 Å². The number of anilines is 1. The molecule has 0 heterocycles. The van der Waals surface area contributed by atoms with Gasteiger partial charge in [0.2, 0.25) is 5.91 Å². The van der Waals surface area contributed by atoms with Crippen molar-refractivity contribution in [3.63, 3.8) is 0 Å². The first-order valence-corrected chi connectivity index (χ1v) is 9.23. The standard InChI is InChI=1S/C19H28N4O2/c1-12(21-18(24)11-14-3-2-4-17(14)20)13-5-7-15(8-6-13)22-19(25)23-16-9-10-16/h5-8,12,14,16-17H,2-4,9-11,20H2,1H3,(H,21,24)(H2,22,23,25)/t12?,14-,17+/m0/s1. The maximum absolute atomic E-state index is 12.2. The van der Waals surface area contributed by atoms with Crippen molar-refractivity contribution in [2.24, 2.45) is 11.7 Å². The van der Waals surface area contributed by atoms with Crippen molar-refractivity contribution in [1.82, 2.24) is 10.6 Å². The van der Waals surface area contributed by atoms with E-state index < -0.39 is 0 Å². The number of hydrogen-bond donors (Lipinski definition) is 4. The Labute approximate surface area is 148 Å². The van der Waals surface area contributed by atoms with Gasteiger partial charge in [-0.05, 0) is 56.2 Å². The highest BCUT2D eigenvalue weighted by atomic mass is 16.2. The number of carbonyl (C=O) groups excluding carboxylic acids is 2. The predicted octanol–water partition coefficient (Wildman–Crippen LogP) is 2.67. The third-order valence-corrected chi connectivity index (χ3v) is 5.12. The summed E-state index contributed by atoms with van der Waals surface area (Å²) < 4.78 is 0. The summed E-state index contributed by atoms with van der Waals surface area (Å²) in [5.74, 6) is 0.365. The lowest BCUT2D eigenvalue weighted by atomic mass is 9.99. The molecule has 3 amide bonds. The molecule has 0 radical (unpaired) electrons. The molecule has 0 bridgehead atoms. The largest absolute Gasteiger partial charge is 0.350 e. The summed E-state index contributed by atoms with van der Waals surface area (Å²) in [6, 6.07) is 7.84. The Kier molecular flexibility index (Phi) is 5.58. The van der Waals surface area contributed by atoms with Crippen molar-refractivity contribution in [3.05, 3.63) is 29.8 Å². The van der Waals surface area contributed by atoms with E-state index in [-0.39, 0.29) is 24.0 Å². The molecule has 6 nitrogen and oxygen atoms in total. The molecule has 1 aromatic carbocycles. The zero-order chi connectivity index (χ0) is 17.8. The van der Waals surface area contributed by atoms with Crippen molar-refractivity contribution >= 4 is 17.6 Å².